The molecule has 3 rings (SSSR count). The number of aromatic amines is 1. The fourth-order valence-electron chi connectivity index (χ4n) is 1.53. The number of fused-ring (bicyclic) bond motifs is 1. The van der Waals surface area contributed by atoms with Crippen molar-refractivity contribution in [2.45, 2.75) is 0 Å². The molecule has 0 spiro atoms. The maximum absolute atomic E-state index is 4.46. The number of para-hydroxylation sites is 2. The van der Waals surface area contributed by atoms with Gasteiger partial charge in [-0.05, 0) is 30.3 Å². The summed E-state index contributed by atoms with van der Waals surface area (Å²) in [6.07, 6.45) is 0. The number of aromatic nitrogens is 2. The molecule has 2 heteroatoms. The molecule has 0 atom stereocenters. The normalized spacial score (nSPS) is 10.7. The van der Waals surface area contributed by atoms with Crippen molar-refractivity contribution in [2.75, 3.05) is 0 Å². The molecule has 15 heavy (non-hydrogen) atoms. The molecule has 2 nitrogen and oxygen atoms in total. The summed E-state index contributed by atoms with van der Waals surface area (Å²) in [5.41, 5.74) is 2.91. The lowest BCUT2D eigenvalue weighted by Gasteiger charge is -1.91. The first-order valence-corrected chi connectivity index (χ1v) is 4.69. The molecule has 0 aliphatic carbocycles. The number of nitrogens with zero attached hydrogens (tertiary/aromatic N) is 1. The Labute approximate surface area is 87.6 Å². The monoisotopic (exact) mass is 191 g/mol. The third kappa shape index (κ3) is 1.40. The van der Waals surface area contributed by atoms with E-state index in [1.807, 2.05) is 30.3 Å². The largest absolute Gasteiger partial charge is 0.338 e. The van der Waals surface area contributed by atoms with Crippen LogP contribution in [0.2, 0.25) is 0 Å². The highest BCUT2D eigenvalue weighted by molar-refractivity contribution is 5.78. The topological polar surface area (TPSA) is 28.7 Å². The Kier molecular flexibility index (Phi) is 1.78. The quantitative estimate of drug-likeness (QED) is 0.629. The second-order valence-electron chi connectivity index (χ2n) is 3.24. The van der Waals surface area contributed by atoms with Crippen LogP contribution in [-0.2, 0) is 0 Å². The third-order valence-corrected chi connectivity index (χ3v) is 2.25. The molecule has 3 radical (unpaired) electrons. The average molecular weight is 191 g/mol. The predicted octanol–water partition coefficient (Wildman–Crippen LogP) is 2.63. The first-order valence-electron chi connectivity index (χ1n) is 4.69. The van der Waals surface area contributed by atoms with Crippen LogP contribution in [0.4, 0.5) is 0 Å². The van der Waals surface area contributed by atoms with Gasteiger partial charge < -0.3 is 4.98 Å². The van der Waals surface area contributed by atoms with E-state index in [1.54, 1.807) is 6.07 Å². The summed E-state index contributed by atoms with van der Waals surface area (Å²) in [5.74, 6) is 0.821. The van der Waals surface area contributed by atoms with Crippen LogP contribution in [-0.4, -0.2) is 9.97 Å². The molecule has 0 aliphatic heterocycles. The number of hydrogen-bond acceptors (Lipinski definition) is 1. The van der Waals surface area contributed by atoms with E-state index in [0.717, 1.165) is 22.4 Å². The molecule has 1 heterocycles. The van der Waals surface area contributed by atoms with E-state index >= 15 is 0 Å². The Bertz CT molecular complexity index is 549. The fourth-order valence-corrected chi connectivity index (χ4v) is 1.53. The zero-order chi connectivity index (χ0) is 10.1. The Morgan fingerprint density at radius 1 is 1.13 bits per heavy atom. The van der Waals surface area contributed by atoms with Gasteiger partial charge in [-0.15, -0.1) is 0 Å². The van der Waals surface area contributed by atoms with Crippen LogP contribution in [0.15, 0.2) is 36.4 Å². The van der Waals surface area contributed by atoms with Gasteiger partial charge >= 0.3 is 0 Å². The van der Waals surface area contributed by atoms with Gasteiger partial charge in [0.25, 0.3) is 0 Å². The Hall–Kier alpha value is -2.09. The average Bonchev–Trinajstić information content (AvgIpc) is 2.74. The Morgan fingerprint density at radius 3 is 2.87 bits per heavy atom. The lowest BCUT2D eigenvalue weighted by molar-refractivity contribution is 1.33. The molecule has 0 saturated carbocycles. The van der Waals surface area contributed by atoms with Crippen molar-refractivity contribution < 1.29 is 0 Å². The minimum atomic E-state index is 0.821. The van der Waals surface area contributed by atoms with E-state index in [2.05, 4.69) is 28.2 Å². The molecule has 2 aromatic carbocycles. The zero-order valence-electron chi connectivity index (χ0n) is 7.91. The summed E-state index contributed by atoms with van der Waals surface area (Å²) in [5, 5.41) is 0. The van der Waals surface area contributed by atoms with Crippen LogP contribution in [0.3, 0.4) is 0 Å². The van der Waals surface area contributed by atoms with Crippen molar-refractivity contribution in [3.05, 3.63) is 54.6 Å². The fraction of sp³-hybridized carbons (Fsp3) is 0. The van der Waals surface area contributed by atoms with Crippen LogP contribution in [0.5, 0.6) is 0 Å². The highest BCUT2D eigenvalue weighted by atomic mass is 14.9. The van der Waals surface area contributed by atoms with E-state index in [-0.39, 0.29) is 0 Å². The number of imidazole rings is 1. The number of rotatable bonds is 1. The first-order chi connectivity index (χ1) is 7.43. The molecule has 0 amide bonds. The number of nitrogens with one attached hydrogen (secondary N) is 1. The molecule has 1 N–H and O–H groups in total. The Morgan fingerprint density at radius 2 is 2.07 bits per heavy atom. The summed E-state index contributed by atoms with van der Waals surface area (Å²) in [7, 11) is 0. The van der Waals surface area contributed by atoms with Gasteiger partial charge in [-0.25, -0.2) is 4.98 Å². The van der Waals surface area contributed by atoms with Crippen LogP contribution in [0.1, 0.15) is 0 Å². The van der Waals surface area contributed by atoms with Gasteiger partial charge in [0.15, 0.2) is 0 Å². The highest BCUT2D eigenvalue weighted by Crippen LogP contribution is 2.18. The van der Waals surface area contributed by atoms with E-state index in [0.29, 0.717) is 0 Å². The van der Waals surface area contributed by atoms with Gasteiger partial charge in [0.2, 0.25) is 0 Å². The van der Waals surface area contributed by atoms with Gasteiger partial charge in [0.05, 0.1) is 11.0 Å². The third-order valence-electron chi connectivity index (χ3n) is 2.25. The van der Waals surface area contributed by atoms with Gasteiger partial charge in [-0.2, -0.15) is 0 Å². The van der Waals surface area contributed by atoms with Gasteiger partial charge in [-0.1, -0.05) is 18.2 Å². The van der Waals surface area contributed by atoms with E-state index < -0.39 is 0 Å². The maximum atomic E-state index is 4.46. The minimum Gasteiger partial charge on any atom is -0.338 e. The second kappa shape index (κ2) is 3.24. The van der Waals surface area contributed by atoms with Crippen LogP contribution in [0.25, 0.3) is 22.4 Å². The second-order valence-corrected chi connectivity index (χ2v) is 3.24. The maximum Gasteiger partial charge on any atom is 0.139 e. The molecule has 0 fully saturated rings. The van der Waals surface area contributed by atoms with Crippen LogP contribution >= 0.6 is 0 Å². The number of H-pyrrole nitrogens is 1. The van der Waals surface area contributed by atoms with Crippen LogP contribution in [0, 0.1) is 18.2 Å². The van der Waals surface area contributed by atoms with Crippen molar-refractivity contribution in [3.8, 4) is 11.4 Å². The van der Waals surface area contributed by atoms with Crippen LogP contribution < -0.4 is 0 Å². The minimum absolute atomic E-state index is 0.821. The lowest BCUT2D eigenvalue weighted by Crippen LogP contribution is -1.78. The number of hydrogen-bond donors (Lipinski definition) is 1. The highest BCUT2D eigenvalue weighted by Gasteiger charge is 2.03. The van der Waals surface area contributed by atoms with E-state index in [4.69, 9.17) is 0 Å². The predicted molar refractivity (Wildman–Crippen MR) is 58.0 cm³/mol. The lowest BCUT2D eigenvalue weighted by atomic mass is 10.2. The van der Waals surface area contributed by atoms with Gasteiger partial charge in [0, 0.05) is 11.6 Å². The smallest absolute Gasteiger partial charge is 0.139 e. The zero-order valence-corrected chi connectivity index (χ0v) is 7.91. The number of benzene rings is 2. The Balaban J connectivity index is 2.21. The first kappa shape index (κ1) is 8.24. The summed E-state index contributed by atoms with van der Waals surface area (Å²) in [6.45, 7) is 0. The molecule has 3 aromatic rings. The molecule has 0 saturated heterocycles. The van der Waals surface area contributed by atoms with Gasteiger partial charge in [-0.3, -0.25) is 0 Å². The molecular weight excluding hydrogens is 184 g/mol. The molecule has 0 bridgehead atoms. The van der Waals surface area contributed by atoms with Crippen molar-refractivity contribution in [1.82, 2.24) is 9.97 Å². The summed E-state index contributed by atoms with van der Waals surface area (Å²) >= 11 is 0. The van der Waals surface area contributed by atoms with Crippen molar-refractivity contribution in [2.24, 2.45) is 0 Å². The SMILES string of the molecule is [c]1[c]ccc(-c2nc3ccccc3[nH]2)[c]1. The van der Waals surface area contributed by atoms with E-state index in [1.165, 1.54) is 0 Å². The van der Waals surface area contributed by atoms with Crippen molar-refractivity contribution >= 4 is 11.0 Å². The summed E-state index contributed by atoms with van der Waals surface area (Å²) in [4.78, 5) is 7.70. The molecular formula is C13H7N2. The van der Waals surface area contributed by atoms with Crippen molar-refractivity contribution in [3.63, 3.8) is 0 Å². The molecule has 1 aromatic heterocycles. The summed E-state index contributed by atoms with van der Waals surface area (Å²) < 4.78 is 0. The van der Waals surface area contributed by atoms with Gasteiger partial charge in [0.1, 0.15) is 5.82 Å². The molecule has 69 valence electrons. The molecule has 0 aliphatic rings. The summed E-state index contributed by atoms with van der Waals surface area (Å²) in [6, 6.07) is 20.2. The molecule has 0 unspecified atom stereocenters. The van der Waals surface area contributed by atoms with E-state index in [9.17, 15) is 0 Å². The van der Waals surface area contributed by atoms with Crippen molar-refractivity contribution in [1.29, 1.82) is 0 Å². The standard InChI is InChI=1S/C13H7N2/c1-2-6-10(7-3-1)13-14-11-8-4-5-9-12(11)15-13/h2,4-6,8-9H,(H,14,15).